The van der Waals surface area contributed by atoms with Crippen molar-refractivity contribution in [2.75, 3.05) is 19.6 Å². The molecule has 1 nitrogen and oxygen atoms in total. The molecule has 1 heteroatoms. The van der Waals surface area contributed by atoms with Gasteiger partial charge in [-0.3, -0.25) is 4.90 Å². The lowest BCUT2D eigenvalue weighted by molar-refractivity contribution is 0.315. The van der Waals surface area contributed by atoms with Crippen LogP contribution in [0.3, 0.4) is 0 Å². The van der Waals surface area contributed by atoms with E-state index in [4.69, 9.17) is 0 Å². The van der Waals surface area contributed by atoms with Crippen LogP contribution in [0.15, 0.2) is 24.8 Å². The Hall–Kier alpha value is -0.560. The normalized spacial score (nSPS) is 19.2. The van der Waals surface area contributed by atoms with Crippen LogP contribution in [0, 0.1) is 0 Å². The Morgan fingerprint density at radius 3 is 2.33 bits per heavy atom. The van der Waals surface area contributed by atoms with E-state index < -0.39 is 0 Å². The van der Waals surface area contributed by atoms with Crippen molar-refractivity contribution >= 4 is 0 Å². The molecular weight excluding hydrogens is 182 g/mol. The summed E-state index contributed by atoms with van der Waals surface area (Å²) < 4.78 is 0. The molecule has 1 aliphatic heterocycles. The van der Waals surface area contributed by atoms with Gasteiger partial charge >= 0.3 is 0 Å². The molecule has 86 valence electrons. The maximum atomic E-state index is 3.73. The van der Waals surface area contributed by atoms with Gasteiger partial charge in [0.25, 0.3) is 0 Å². The largest absolute Gasteiger partial charge is 0.300 e. The molecule has 0 amide bonds. The lowest BCUT2D eigenvalue weighted by Gasteiger charge is -2.16. The van der Waals surface area contributed by atoms with Gasteiger partial charge in [-0.25, -0.2) is 0 Å². The summed E-state index contributed by atoms with van der Waals surface area (Å²) in [6.07, 6.45) is 15.9. The van der Waals surface area contributed by atoms with Crippen molar-refractivity contribution in [2.45, 2.75) is 44.9 Å². The Bertz CT molecular complexity index is 176. The van der Waals surface area contributed by atoms with Crippen molar-refractivity contribution < 1.29 is 0 Å². The summed E-state index contributed by atoms with van der Waals surface area (Å²) in [5.41, 5.74) is 0. The average molecular weight is 207 g/mol. The summed E-state index contributed by atoms with van der Waals surface area (Å²) in [6.45, 7) is 7.50. The first-order valence-corrected chi connectivity index (χ1v) is 6.42. The van der Waals surface area contributed by atoms with E-state index in [1.807, 2.05) is 6.08 Å². The molecule has 0 aromatic rings. The quantitative estimate of drug-likeness (QED) is 0.473. The predicted octanol–water partition coefficient (Wildman–Crippen LogP) is 3.77. The van der Waals surface area contributed by atoms with Crippen LogP contribution >= 0.6 is 0 Å². The van der Waals surface area contributed by atoms with Crippen molar-refractivity contribution in [1.82, 2.24) is 4.90 Å². The Morgan fingerprint density at radius 1 is 0.933 bits per heavy atom. The standard InChI is InChI=1S/C14H25N/c1-2-3-4-5-6-9-12-15-13-10-7-8-11-14-15/h2,6,9H,1,3-5,7-8,10-14H2. The number of unbranched alkanes of at least 4 members (excludes halogenated alkanes) is 2. The second kappa shape index (κ2) is 8.72. The fourth-order valence-corrected chi connectivity index (χ4v) is 2.04. The highest BCUT2D eigenvalue weighted by Crippen LogP contribution is 2.09. The zero-order valence-electron chi connectivity index (χ0n) is 9.96. The van der Waals surface area contributed by atoms with Gasteiger partial charge in [0, 0.05) is 6.54 Å². The second-order valence-corrected chi connectivity index (χ2v) is 4.41. The van der Waals surface area contributed by atoms with Gasteiger partial charge in [-0.2, -0.15) is 0 Å². The fourth-order valence-electron chi connectivity index (χ4n) is 2.04. The molecule has 1 fully saturated rings. The van der Waals surface area contributed by atoms with Gasteiger partial charge in [0.2, 0.25) is 0 Å². The maximum Gasteiger partial charge on any atom is 0.0163 e. The molecule has 0 unspecified atom stereocenters. The first-order chi connectivity index (χ1) is 7.43. The molecule has 1 rings (SSSR count). The Balaban J connectivity index is 2.03. The minimum absolute atomic E-state index is 1.15. The van der Waals surface area contributed by atoms with Crippen molar-refractivity contribution in [1.29, 1.82) is 0 Å². The van der Waals surface area contributed by atoms with E-state index in [1.54, 1.807) is 0 Å². The molecule has 0 spiro atoms. The molecule has 1 saturated heterocycles. The van der Waals surface area contributed by atoms with Crippen LogP contribution in [0.5, 0.6) is 0 Å². The summed E-state index contributed by atoms with van der Waals surface area (Å²) in [5.74, 6) is 0. The highest BCUT2D eigenvalue weighted by molar-refractivity contribution is 4.86. The third-order valence-electron chi connectivity index (χ3n) is 3.01. The Morgan fingerprint density at radius 2 is 1.67 bits per heavy atom. The van der Waals surface area contributed by atoms with Crippen LogP contribution < -0.4 is 0 Å². The predicted molar refractivity (Wildman–Crippen MR) is 68.1 cm³/mol. The summed E-state index contributed by atoms with van der Waals surface area (Å²) in [6, 6.07) is 0. The van der Waals surface area contributed by atoms with Crippen LogP contribution in [-0.4, -0.2) is 24.5 Å². The van der Waals surface area contributed by atoms with E-state index in [-0.39, 0.29) is 0 Å². The summed E-state index contributed by atoms with van der Waals surface area (Å²) in [4.78, 5) is 2.58. The van der Waals surface area contributed by atoms with Crippen molar-refractivity contribution in [3.8, 4) is 0 Å². The minimum Gasteiger partial charge on any atom is -0.300 e. The third-order valence-corrected chi connectivity index (χ3v) is 3.01. The van der Waals surface area contributed by atoms with Gasteiger partial charge in [0.1, 0.15) is 0 Å². The Kier molecular flexibility index (Phi) is 7.28. The van der Waals surface area contributed by atoms with Gasteiger partial charge in [-0.15, -0.1) is 6.58 Å². The molecule has 0 bridgehead atoms. The zero-order chi connectivity index (χ0) is 10.8. The smallest absolute Gasteiger partial charge is 0.0163 e. The fraction of sp³-hybridized carbons (Fsp3) is 0.714. The molecule has 0 aromatic carbocycles. The maximum absolute atomic E-state index is 3.73. The van der Waals surface area contributed by atoms with E-state index in [9.17, 15) is 0 Å². The molecular formula is C14H25N. The van der Waals surface area contributed by atoms with Crippen LogP contribution in [0.2, 0.25) is 0 Å². The zero-order valence-corrected chi connectivity index (χ0v) is 9.96. The van der Waals surface area contributed by atoms with Crippen LogP contribution in [0.1, 0.15) is 44.9 Å². The number of rotatable bonds is 6. The van der Waals surface area contributed by atoms with Crippen molar-refractivity contribution in [2.24, 2.45) is 0 Å². The molecule has 15 heavy (non-hydrogen) atoms. The number of likely N-dealkylation sites (tertiary alicyclic amines) is 1. The monoisotopic (exact) mass is 207 g/mol. The molecule has 1 heterocycles. The van der Waals surface area contributed by atoms with E-state index in [2.05, 4.69) is 23.6 Å². The topological polar surface area (TPSA) is 3.24 Å². The Labute approximate surface area is 94.9 Å². The van der Waals surface area contributed by atoms with Crippen molar-refractivity contribution in [3.05, 3.63) is 24.8 Å². The average Bonchev–Trinajstić information content (AvgIpc) is 2.52. The van der Waals surface area contributed by atoms with Gasteiger partial charge in [-0.1, -0.05) is 31.1 Å². The highest BCUT2D eigenvalue weighted by atomic mass is 15.1. The molecule has 0 N–H and O–H groups in total. The van der Waals surface area contributed by atoms with Gasteiger partial charge in [0.15, 0.2) is 0 Å². The first kappa shape index (κ1) is 12.5. The lowest BCUT2D eigenvalue weighted by atomic mass is 10.2. The number of allylic oxidation sites excluding steroid dienone is 2. The van der Waals surface area contributed by atoms with Gasteiger partial charge in [0.05, 0.1) is 0 Å². The first-order valence-electron chi connectivity index (χ1n) is 6.42. The molecule has 0 atom stereocenters. The SMILES string of the molecule is C=CCCCC=CCN1CCCCCC1. The number of hydrogen-bond acceptors (Lipinski definition) is 1. The lowest BCUT2D eigenvalue weighted by Crippen LogP contribution is -2.24. The second-order valence-electron chi connectivity index (χ2n) is 4.41. The molecule has 0 radical (unpaired) electrons. The van der Waals surface area contributed by atoms with E-state index >= 15 is 0 Å². The molecule has 0 saturated carbocycles. The molecule has 0 aliphatic carbocycles. The van der Waals surface area contributed by atoms with Crippen LogP contribution in [0.25, 0.3) is 0 Å². The summed E-state index contributed by atoms with van der Waals surface area (Å²) in [7, 11) is 0. The van der Waals surface area contributed by atoms with Crippen LogP contribution in [0.4, 0.5) is 0 Å². The highest BCUT2D eigenvalue weighted by Gasteiger charge is 2.05. The number of nitrogens with zero attached hydrogens (tertiary/aromatic N) is 1. The van der Waals surface area contributed by atoms with Crippen molar-refractivity contribution in [3.63, 3.8) is 0 Å². The summed E-state index contributed by atoms with van der Waals surface area (Å²) in [5, 5.41) is 0. The molecule has 1 aliphatic rings. The van der Waals surface area contributed by atoms with Gasteiger partial charge < -0.3 is 0 Å². The summed E-state index contributed by atoms with van der Waals surface area (Å²) >= 11 is 0. The van der Waals surface area contributed by atoms with Crippen LogP contribution in [-0.2, 0) is 0 Å². The third kappa shape index (κ3) is 6.51. The number of hydrogen-bond donors (Lipinski definition) is 0. The van der Waals surface area contributed by atoms with E-state index in [1.165, 1.54) is 51.6 Å². The van der Waals surface area contributed by atoms with E-state index in [0.717, 1.165) is 13.0 Å². The van der Waals surface area contributed by atoms with Gasteiger partial charge in [-0.05, 0) is 45.2 Å². The van der Waals surface area contributed by atoms with E-state index in [0.29, 0.717) is 0 Å². The minimum atomic E-state index is 1.15. The molecule has 0 aromatic heterocycles.